The molecule has 0 aliphatic rings. The van der Waals surface area contributed by atoms with Crippen LogP contribution in [-0.2, 0) is 6.54 Å². The molecule has 2 amide bonds. The minimum Gasteiger partial charge on any atom is -0.473 e. The third-order valence-electron chi connectivity index (χ3n) is 2.86. The zero-order valence-electron chi connectivity index (χ0n) is 11.7. The van der Waals surface area contributed by atoms with Crippen molar-refractivity contribution in [1.82, 2.24) is 10.6 Å². The van der Waals surface area contributed by atoms with E-state index in [4.69, 9.17) is 16.3 Å². The van der Waals surface area contributed by atoms with E-state index in [-0.39, 0.29) is 12.8 Å². The molecule has 21 heavy (non-hydrogen) atoms. The summed E-state index contributed by atoms with van der Waals surface area (Å²) in [6, 6.07) is 14.7. The number of ether oxygens (including phenoxy) is 1. The molecule has 0 saturated heterocycles. The smallest absolute Gasteiger partial charge is 0.317 e. The van der Waals surface area contributed by atoms with Gasteiger partial charge in [-0.2, -0.15) is 0 Å². The summed E-state index contributed by atoms with van der Waals surface area (Å²) in [5.41, 5.74) is 2.24. The lowest BCUT2D eigenvalue weighted by molar-refractivity contribution is 0.223. The maximum Gasteiger partial charge on any atom is 0.317 e. The Morgan fingerprint density at radius 1 is 1.05 bits per heavy atom. The third-order valence-corrected chi connectivity index (χ3v) is 3.11. The Kier molecular flexibility index (Phi) is 5.46. The Morgan fingerprint density at radius 2 is 1.71 bits per heavy atom. The first-order valence-electron chi connectivity index (χ1n) is 6.59. The second-order valence-electron chi connectivity index (χ2n) is 4.59. The molecule has 4 nitrogen and oxygen atoms in total. The first kappa shape index (κ1) is 15.2. The number of amides is 2. The molecule has 0 unspecified atom stereocenters. The lowest BCUT2D eigenvalue weighted by Crippen LogP contribution is -2.37. The van der Waals surface area contributed by atoms with E-state index in [1.165, 1.54) is 5.56 Å². The summed E-state index contributed by atoms with van der Waals surface area (Å²) in [6.45, 7) is 2.60. The number of aryl methyl sites for hydroxylation is 1. The van der Waals surface area contributed by atoms with Gasteiger partial charge in [-0.15, -0.1) is 0 Å². The summed E-state index contributed by atoms with van der Waals surface area (Å²) in [6.07, 6.45) is 0. The summed E-state index contributed by atoms with van der Waals surface area (Å²) in [5, 5.41) is 6.03. The molecule has 2 N–H and O–H groups in total. The van der Waals surface area contributed by atoms with E-state index in [1.54, 1.807) is 24.3 Å². The zero-order valence-corrected chi connectivity index (χ0v) is 12.5. The van der Waals surface area contributed by atoms with Crippen LogP contribution in [0.3, 0.4) is 0 Å². The fraction of sp³-hybridized carbons (Fsp3) is 0.188. The summed E-state index contributed by atoms with van der Waals surface area (Å²) in [4.78, 5) is 11.6. The van der Waals surface area contributed by atoms with Gasteiger partial charge in [-0.1, -0.05) is 41.4 Å². The Balaban J connectivity index is 1.67. The van der Waals surface area contributed by atoms with E-state index < -0.39 is 0 Å². The van der Waals surface area contributed by atoms with Gasteiger partial charge in [0.25, 0.3) is 0 Å². The number of benzene rings is 2. The maximum atomic E-state index is 11.6. The third kappa shape index (κ3) is 5.36. The van der Waals surface area contributed by atoms with Gasteiger partial charge in [-0.05, 0) is 36.8 Å². The van der Waals surface area contributed by atoms with E-state index in [2.05, 4.69) is 10.6 Å². The first-order chi connectivity index (χ1) is 10.1. The maximum absolute atomic E-state index is 11.6. The summed E-state index contributed by atoms with van der Waals surface area (Å²) < 4.78 is 5.37. The lowest BCUT2D eigenvalue weighted by atomic mass is 10.1. The van der Waals surface area contributed by atoms with Crippen LogP contribution in [0.2, 0.25) is 5.02 Å². The number of hydrogen-bond donors (Lipinski definition) is 2. The van der Waals surface area contributed by atoms with Gasteiger partial charge in [0, 0.05) is 11.6 Å². The van der Waals surface area contributed by atoms with Gasteiger partial charge in [0.05, 0.1) is 0 Å². The number of rotatable bonds is 5. The molecule has 2 rings (SSSR count). The predicted molar refractivity (Wildman–Crippen MR) is 83.5 cm³/mol. The highest BCUT2D eigenvalue weighted by Gasteiger charge is 2.00. The van der Waals surface area contributed by atoms with Crippen molar-refractivity contribution in [3.8, 4) is 5.75 Å². The van der Waals surface area contributed by atoms with E-state index in [0.717, 1.165) is 5.56 Å². The van der Waals surface area contributed by atoms with Gasteiger partial charge >= 0.3 is 6.03 Å². The zero-order chi connectivity index (χ0) is 15.1. The highest BCUT2D eigenvalue weighted by molar-refractivity contribution is 6.30. The topological polar surface area (TPSA) is 50.4 Å². The fourth-order valence-electron chi connectivity index (χ4n) is 1.67. The van der Waals surface area contributed by atoms with Crippen LogP contribution in [0.25, 0.3) is 0 Å². The van der Waals surface area contributed by atoms with Crippen LogP contribution in [0.5, 0.6) is 5.75 Å². The van der Waals surface area contributed by atoms with Crippen molar-refractivity contribution in [2.75, 3.05) is 6.73 Å². The van der Waals surface area contributed by atoms with Gasteiger partial charge in [-0.3, -0.25) is 0 Å². The number of halogens is 1. The molecule has 2 aromatic rings. The molecule has 5 heteroatoms. The van der Waals surface area contributed by atoms with Gasteiger partial charge in [0.1, 0.15) is 5.75 Å². The Morgan fingerprint density at radius 3 is 2.38 bits per heavy atom. The van der Waals surface area contributed by atoms with Crippen molar-refractivity contribution in [2.45, 2.75) is 13.5 Å². The van der Waals surface area contributed by atoms with Gasteiger partial charge in [0.2, 0.25) is 0 Å². The minimum atomic E-state index is -0.274. The predicted octanol–water partition coefficient (Wildman–Crippen LogP) is 3.48. The molecule has 0 aliphatic carbocycles. The quantitative estimate of drug-likeness (QED) is 0.831. The number of urea groups is 1. The van der Waals surface area contributed by atoms with Gasteiger partial charge < -0.3 is 15.4 Å². The van der Waals surface area contributed by atoms with Crippen LogP contribution in [-0.4, -0.2) is 12.8 Å². The van der Waals surface area contributed by atoms with Crippen LogP contribution < -0.4 is 15.4 Å². The monoisotopic (exact) mass is 304 g/mol. The number of carbonyl (C=O) groups excluding carboxylic acids is 1. The number of carbonyl (C=O) groups is 1. The molecule has 0 spiro atoms. The molecule has 0 bridgehead atoms. The fourth-order valence-corrected chi connectivity index (χ4v) is 1.79. The van der Waals surface area contributed by atoms with Gasteiger partial charge in [0.15, 0.2) is 6.73 Å². The van der Waals surface area contributed by atoms with E-state index in [9.17, 15) is 4.79 Å². The van der Waals surface area contributed by atoms with Crippen molar-refractivity contribution >= 4 is 17.6 Å². The number of nitrogens with one attached hydrogen (secondary N) is 2. The molecule has 2 aromatic carbocycles. The van der Waals surface area contributed by atoms with Crippen molar-refractivity contribution in [3.05, 3.63) is 64.7 Å². The SMILES string of the molecule is Cc1ccc(CNC(=O)NCOc2ccc(Cl)cc2)cc1. The summed E-state index contributed by atoms with van der Waals surface area (Å²) >= 11 is 5.77. The van der Waals surface area contributed by atoms with Crippen molar-refractivity contribution < 1.29 is 9.53 Å². The highest BCUT2D eigenvalue weighted by atomic mass is 35.5. The second-order valence-corrected chi connectivity index (χ2v) is 5.02. The van der Waals surface area contributed by atoms with Crippen molar-refractivity contribution in [1.29, 1.82) is 0 Å². The molecule has 110 valence electrons. The molecule has 0 saturated carbocycles. The minimum absolute atomic E-state index is 0.0986. The van der Waals surface area contributed by atoms with Crippen LogP contribution in [0.4, 0.5) is 4.79 Å². The van der Waals surface area contributed by atoms with Crippen LogP contribution >= 0.6 is 11.6 Å². The molecule has 0 fully saturated rings. The Hall–Kier alpha value is -2.20. The Labute approximate surface area is 129 Å². The van der Waals surface area contributed by atoms with E-state index in [0.29, 0.717) is 17.3 Å². The normalized spacial score (nSPS) is 10.0. The molecule has 0 atom stereocenters. The standard InChI is InChI=1S/C16H17ClN2O2/c1-12-2-4-13(5-3-12)10-18-16(20)19-11-21-15-8-6-14(17)7-9-15/h2-9H,10-11H2,1H3,(H2,18,19,20). The van der Waals surface area contributed by atoms with E-state index >= 15 is 0 Å². The molecule has 0 aliphatic heterocycles. The molecular formula is C16H17ClN2O2. The van der Waals surface area contributed by atoms with Crippen LogP contribution in [0.15, 0.2) is 48.5 Å². The van der Waals surface area contributed by atoms with Gasteiger partial charge in [-0.25, -0.2) is 4.79 Å². The lowest BCUT2D eigenvalue weighted by Gasteiger charge is -2.09. The Bertz CT molecular complexity index is 582. The largest absolute Gasteiger partial charge is 0.473 e. The average Bonchev–Trinajstić information content (AvgIpc) is 2.49. The van der Waals surface area contributed by atoms with Crippen molar-refractivity contribution in [3.63, 3.8) is 0 Å². The second kappa shape index (κ2) is 7.55. The molecule has 0 radical (unpaired) electrons. The highest BCUT2D eigenvalue weighted by Crippen LogP contribution is 2.14. The summed E-state index contributed by atoms with van der Waals surface area (Å²) in [5.74, 6) is 0.651. The van der Waals surface area contributed by atoms with Crippen LogP contribution in [0.1, 0.15) is 11.1 Å². The van der Waals surface area contributed by atoms with E-state index in [1.807, 2.05) is 31.2 Å². The number of hydrogen-bond acceptors (Lipinski definition) is 2. The molecule has 0 aromatic heterocycles. The van der Waals surface area contributed by atoms with Crippen molar-refractivity contribution in [2.24, 2.45) is 0 Å². The molecular weight excluding hydrogens is 288 g/mol. The summed E-state index contributed by atoms with van der Waals surface area (Å²) in [7, 11) is 0. The van der Waals surface area contributed by atoms with Crippen LogP contribution in [0, 0.1) is 6.92 Å². The molecule has 0 heterocycles. The first-order valence-corrected chi connectivity index (χ1v) is 6.97. The average molecular weight is 305 g/mol.